The number of carbonyl (C=O) groups excluding carboxylic acids is 2. The number of hydrogen-bond donors (Lipinski definition) is 4. The number of amidine groups is 1. The van der Waals surface area contributed by atoms with E-state index in [1.165, 1.54) is 0 Å². The Bertz CT molecular complexity index is 1150. The van der Waals surface area contributed by atoms with Gasteiger partial charge in [0, 0.05) is 37.6 Å². The second-order valence-electron chi connectivity index (χ2n) is 8.20. The molecule has 0 unspecified atom stereocenters. The number of nitrogens with one attached hydrogen (secondary N) is 4. The molecule has 34 heavy (non-hydrogen) atoms. The van der Waals surface area contributed by atoms with Gasteiger partial charge in [-0.05, 0) is 60.0 Å². The van der Waals surface area contributed by atoms with Gasteiger partial charge in [0.1, 0.15) is 11.9 Å². The first kappa shape index (κ1) is 25.1. The molecule has 0 aliphatic rings. The van der Waals surface area contributed by atoms with E-state index in [9.17, 15) is 9.59 Å². The van der Waals surface area contributed by atoms with Crippen molar-refractivity contribution in [1.29, 1.82) is 5.41 Å². The number of benzene rings is 3. The van der Waals surface area contributed by atoms with Crippen LogP contribution in [0, 0.1) is 5.41 Å². The molecule has 0 aliphatic carbocycles. The lowest BCUT2D eigenvalue weighted by Crippen LogP contribution is -2.44. The fraction of sp³-hybridized carbons (Fsp3) is 0.269. The van der Waals surface area contributed by atoms with E-state index in [0.29, 0.717) is 30.6 Å². The van der Waals surface area contributed by atoms with E-state index < -0.39 is 6.04 Å². The Morgan fingerprint density at radius 1 is 1.00 bits per heavy atom. The quantitative estimate of drug-likeness (QED) is 0.151. The molecule has 4 N–H and O–H groups in total. The first-order chi connectivity index (χ1) is 16.4. The first-order valence-electron chi connectivity index (χ1n) is 11.1. The van der Waals surface area contributed by atoms with Crippen molar-refractivity contribution in [2.24, 2.45) is 0 Å². The lowest BCUT2D eigenvalue weighted by Gasteiger charge is -2.19. The van der Waals surface area contributed by atoms with Gasteiger partial charge in [-0.3, -0.25) is 15.0 Å². The van der Waals surface area contributed by atoms with Gasteiger partial charge in [-0.15, -0.1) is 11.6 Å². The summed E-state index contributed by atoms with van der Waals surface area (Å²) < 4.78 is 0. The van der Waals surface area contributed by atoms with E-state index in [2.05, 4.69) is 22.0 Å². The highest BCUT2D eigenvalue weighted by molar-refractivity contribution is 6.27. The van der Waals surface area contributed by atoms with Crippen LogP contribution in [0.5, 0.6) is 0 Å². The molecule has 8 heteroatoms. The average molecular weight is 480 g/mol. The number of hydrogen-bond acceptors (Lipinski definition) is 4. The molecule has 7 nitrogen and oxygen atoms in total. The molecule has 0 bridgehead atoms. The van der Waals surface area contributed by atoms with Crippen molar-refractivity contribution >= 4 is 51.4 Å². The Morgan fingerprint density at radius 3 is 2.41 bits per heavy atom. The Hall–Kier alpha value is -3.58. The second kappa shape index (κ2) is 12.0. The van der Waals surface area contributed by atoms with Crippen molar-refractivity contribution in [2.75, 3.05) is 36.7 Å². The molecule has 3 aromatic carbocycles. The van der Waals surface area contributed by atoms with Crippen LogP contribution in [0.2, 0.25) is 0 Å². The van der Waals surface area contributed by atoms with Crippen LogP contribution in [0.15, 0.2) is 66.7 Å². The smallest absolute Gasteiger partial charge is 0.251 e. The summed E-state index contributed by atoms with van der Waals surface area (Å²) in [5.74, 6) is -0.270. The van der Waals surface area contributed by atoms with Crippen LogP contribution in [0.3, 0.4) is 0 Å². The molecule has 0 spiro atoms. The van der Waals surface area contributed by atoms with Gasteiger partial charge in [0.15, 0.2) is 0 Å². The normalized spacial score (nSPS) is 11.5. The molecule has 0 heterocycles. The maximum Gasteiger partial charge on any atom is 0.251 e. The molecule has 2 amide bonds. The molecule has 178 valence electrons. The summed E-state index contributed by atoms with van der Waals surface area (Å²) in [4.78, 5) is 28.0. The first-order valence-corrected chi connectivity index (χ1v) is 11.7. The average Bonchev–Trinajstić information content (AvgIpc) is 2.85. The zero-order valence-electron chi connectivity index (χ0n) is 19.4. The van der Waals surface area contributed by atoms with E-state index in [4.69, 9.17) is 17.0 Å². The molecule has 0 aromatic heterocycles. The summed E-state index contributed by atoms with van der Waals surface area (Å²) in [6.45, 7) is 0.487. The highest BCUT2D eigenvalue weighted by Gasteiger charge is 2.21. The monoisotopic (exact) mass is 479 g/mol. The molecule has 3 rings (SSSR count). The van der Waals surface area contributed by atoms with Crippen molar-refractivity contribution in [3.05, 3.63) is 72.3 Å². The Kier molecular flexibility index (Phi) is 8.87. The van der Waals surface area contributed by atoms with Crippen molar-refractivity contribution in [1.82, 2.24) is 10.6 Å². The molecule has 0 saturated carbocycles. The fourth-order valence-electron chi connectivity index (χ4n) is 3.51. The standard InChI is InChI=1S/C26H30ClN5O2/c1-32(2)22-13-12-18-15-20(11-10-19(18)16-22)25(33)31-23(9-6-14-29-24(28)17-27)26(34)30-21-7-4-3-5-8-21/h3-5,7-8,10-13,15-16,23H,6,9,14,17H2,1-2H3,(H2,28,29)(H,30,34)(H,31,33)/t23-/m0/s1. The highest BCUT2D eigenvalue weighted by atomic mass is 35.5. The van der Waals surface area contributed by atoms with E-state index in [1.807, 2.05) is 61.5 Å². The molecular weight excluding hydrogens is 450 g/mol. The summed E-state index contributed by atoms with van der Waals surface area (Å²) in [5.41, 5.74) is 2.24. The van der Waals surface area contributed by atoms with E-state index in [0.717, 1.165) is 16.5 Å². The third-order valence-electron chi connectivity index (χ3n) is 5.41. The summed E-state index contributed by atoms with van der Waals surface area (Å²) in [6.07, 6.45) is 0.990. The van der Waals surface area contributed by atoms with Crippen LogP contribution in [0.25, 0.3) is 10.8 Å². The minimum absolute atomic E-state index is 0.104. The number of carbonyl (C=O) groups is 2. The highest BCUT2D eigenvalue weighted by Crippen LogP contribution is 2.22. The third kappa shape index (κ3) is 6.96. The number of nitrogens with zero attached hydrogens (tertiary/aromatic N) is 1. The molecule has 1 atom stereocenters. The van der Waals surface area contributed by atoms with Gasteiger partial charge in [-0.25, -0.2) is 0 Å². The lowest BCUT2D eigenvalue weighted by atomic mass is 10.0. The van der Waals surface area contributed by atoms with Crippen LogP contribution in [-0.2, 0) is 4.79 Å². The number of para-hydroxylation sites is 1. The summed E-state index contributed by atoms with van der Waals surface area (Å²) >= 11 is 5.63. The Balaban J connectivity index is 1.72. The van der Waals surface area contributed by atoms with E-state index in [1.54, 1.807) is 18.2 Å². The van der Waals surface area contributed by atoms with Gasteiger partial charge in [0.25, 0.3) is 5.91 Å². The maximum atomic E-state index is 13.1. The van der Waals surface area contributed by atoms with Crippen molar-refractivity contribution in [3.8, 4) is 0 Å². The van der Waals surface area contributed by atoms with Crippen LogP contribution in [0.4, 0.5) is 11.4 Å². The fourth-order valence-corrected chi connectivity index (χ4v) is 3.60. The van der Waals surface area contributed by atoms with E-state index >= 15 is 0 Å². The van der Waals surface area contributed by atoms with Gasteiger partial charge in [0.2, 0.25) is 5.91 Å². The molecule has 0 aliphatic heterocycles. The predicted molar refractivity (Wildman–Crippen MR) is 140 cm³/mol. The predicted octanol–water partition coefficient (Wildman–Crippen LogP) is 4.23. The number of amides is 2. The number of anilines is 2. The van der Waals surface area contributed by atoms with Gasteiger partial charge >= 0.3 is 0 Å². The maximum absolute atomic E-state index is 13.1. The van der Waals surface area contributed by atoms with Crippen molar-refractivity contribution in [2.45, 2.75) is 18.9 Å². The van der Waals surface area contributed by atoms with Gasteiger partial charge in [-0.2, -0.15) is 0 Å². The minimum atomic E-state index is -0.730. The van der Waals surface area contributed by atoms with E-state index in [-0.39, 0.29) is 23.5 Å². The Labute approximate surface area is 205 Å². The molecule has 3 aromatic rings. The van der Waals surface area contributed by atoms with Gasteiger partial charge in [-0.1, -0.05) is 30.3 Å². The zero-order valence-corrected chi connectivity index (χ0v) is 20.2. The zero-order chi connectivity index (χ0) is 24.5. The van der Waals surface area contributed by atoms with Crippen LogP contribution >= 0.6 is 11.6 Å². The van der Waals surface area contributed by atoms with Crippen LogP contribution in [0.1, 0.15) is 23.2 Å². The van der Waals surface area contributed by atoms with Gasteiger partial charge in [0.05, 0.1) is 5.88 Å². The van der Waals surface area contributed by atoms with Crippen molar-refractivity contribution < 1.29 is 9.59 Å². The number of fused-ring (bicyclic) bond motifs is 1. The van der Waals surface area contributed by atoms with Crippen LogP contribution < -0.4 is 20.9 Å². The number of rotatable bonds is 10. The van der Waals surface area contributed by atoms with Gasteiger partial charge < -0.3 is 20.9 Å². The summed E-state index contributed by atoms with van der Waals surface area (Å²) in [7, 11) is 3.97. The molecule has 0 radical (unpaired) electrons. The minimum Gasteiger partial charge on any atom is -0.378 e. The van der Waals surface area contributed by atoms with Crippen molar-refractivity contribution in [3.63, 3.8) is 0 Å². The SMILES string of the molecule is CN(C)c1ccc2cc(C(=O)N[C@@H](CCCNC(=N)CCl)C(=O)Nc3ccccc3)ccc2c1. The second-order valence-corrected chi connectivity index (χ2v) is 8.47. The largest absolute Gasteiger partial charge is 0.378 e. The molecule has 0 fully saturated rings. The van der Waals surface area contributed by atoms with Crippen LogP contribution in [-0.4, -0.2) is 50.2 Å². The number of alkyl halides is 1. The summed E-state index contributed by atoms with van der Waals surface area (Å²) in [6, 6.07) is 20.0. The summed E-state index contributed by atoms with van der Waals surface area (Å²) in [5, 5.41) is 18.2. The third-order valence-corrected chi connectivity index (χ3v) is 5.67. The lowest BCUT2D eigenvalue weighted by molar-refractivity contribution is -0.118. The Morgan fingerprint density at radius 2 is 1.71 bits per heavy atom. The topological polar surface area (TPSA) is 97.3 Å². The molecule has 0 saturated heterocycles. The number of halogens is 1. The molecular formula is C26H30ClN5O2.